The number of nitrogens with one attached hydrogen (secondary N) is 1. The fourth-order valence-corrected chi connectivity index (χ4v) is 4.39. The maximum Gasteiger partial charge on any atom is 0.329 e. The third-order valence-electron chi connectivity index (χ3n) is 5.57. The van der Waals surface area contributed by atoms with Crippen LogP contribution in [0.4, 0.5) is 0 Å². The second-order valence-corrected chi connectivity index (χ2v) is 7.16. The second kappa shape index (κ2) is 6.91. The van der Waals surface area contributed by atoms with Crippen molar-refractivity contribution in [3.8, 4) is 5.75 Å². The SMILES string of the molecule is Cl.O=C(OCc1ccccc1)C1c2[nH]c3ccc(O)cc3c2C2CCN1C2. The van der Waals surface area contributed by atoms with Gasteiger partial charge < -0.3 is 14.8 Å². The number of hydrogen-bond donors (Lipinski definition) is 2. The molecule has 2 aliphatic heterocycles. The highest BCUT2D eigenvalue weighted by atomic mass is 35.5. The van der Waals surface area contributed by atoms with Gasteiger partial charge in [0.05, 0.1) is 0 Å². The molecule has 0 spiro atoms. The van der Waals surface area contributed by atoms with Gasteiger partial charge in [-0.2, -0.15) is 0 Å². The quantitative estimate of drug-likeness (QED) is 0.672. The first-order valence-corrected chi connectivity index (χ1v) is 9.00. The standard InChI is InChI=1S/C21H20N2O3.ClH/c24-15-6-7-17-16(10-15)18-14-8-9-23(11-14)20(19(18)22-17)21(25)26-12-13-4-2-1-3-5-13;/h1-7,10,14,20,22,24H,8-9,11-12H2;1H. The number of phenolic OH excluding ortho intramolecular Hbond substituents is 1. The molecule has 3 unspecified atom stereocenters. The lowest BCUT2D eigenvalue weighted by Gasteiger charge is -2.30. The van der Waals surface area contributed by atoms with Crippen molar-refractivity contribution in [1.29, 1.82) is 0 Å². The lowest BCUT2D eigenvalue weighted by atomic mass is 9.90. The zero-order valence-corrected chi connectivity index (χ0v) is 15.5. The number of fused-ring (bicyclic) bond motifs is 6. The summed E-state index contributed by atoms with van der Waals surface area (Å²) in [6, 6.07) is 14.7. The summed E-state index contributed by atoms with van der Waals surface area (Å²) >= 11 is 0. The minimum Gasteiger partial charge on any atom is -0.508 e. The van der Waals surface area contributed by atoms with E-state index in [0.717, 1.165) is 41.7 Å². The Morgan fingerprint density at radius 1 is 1.22 bits per heavy atom. The zero-order valence-electron chi connectivity index (χ0n) is 14.7. The number of esters is 1. The number of nitrogens with zero attached hydrogens (tertiary/aromatic N) is 1. The average Bonchev–Trinajstić information content (AvgIpc) is 3.23. The van der Waals surface area contributed by atoms with Crippen LogP contribution < -0.4 is 0 Å². The van der Waals surface area contributed by atoms with Crippen LogP contribution in [0.5, 0.6) is 5.75 Å². The van der Waals surface area contributed by atoms with Crippen LogP contribution in [0.2, 0.25) is 0 Å². The summed E-state index contributed by atoms with van der Waals surface area (Å²) in [4.78, 5) is 18.6. The van der Waals surface area contributed by atoms with Crippen molar-refractivity contribution in [2.75, 3.05) is 13.1 Å². The number of benzene rings is 2. The molecule has 1 aromatic heterocycles. The van der Waals surface area contributed by atoms with Crippen molar-refractivity contribution < 1.29 is 14.6 Å². The molecule has 2 aliphatic rings. The van der Waals surface area contributed by atoms with Gasteiger partial charge in [-0.25, -0.2) is 4.79 Å². The molecule has 3 atom stereocenters. The molecule has 3 heterocycles. The minimum absolute atomic E-state index is 0. The zero-order chi connectivity index (χ0) is 17.7. The molecule has 6 heteroatoms. The van der Waals surface area contributed by atoms with Crippen molar-refractivity contribution in [1.82, 2.24) is 9.88 Å². The predicted molar refractivity (Wildman–Crippen MR) is 105 cm³/mol. The van der Waals surface area contributed by atoms with Gasteiger partial charge in [0.2, 0.25) is 0 Å². The third-order valence-corrected chi connectivity index (χ3v) is 5.57. The first kappa shape index (κ1) is 17.9. The number of ether oxygens (including phenoxy) is 1. The van der Waals surface area contributed by atoms with Crippen molar-refractivity contribution in [2.45, 2.75) is 25.0 Å². The number of hydrogen-bond acceptors (Lipinski definition) is 4. The number of halogens is 1. The number of aromatic amines is 1. The van der Waals surface area contributed by atoms with E-state index in [9.17, 15) is 9.90 Å². The average molecular weight is 385 g/mol. The van der Waals surface area contributed by atoms with Crippen LogP contribution in [0.3, 0.4) is 0 Å². The highest BCUT2D eigenvalue weighted by Crippen LogP contribution is 2.46. The number of rotatable bonds is 3. The van der Waals surface area contributed by atoms with Crippen molar-refractivity contribution >= 4 is 29.3 Å². The van der Waals surface area contributed by atoms with Gasteiger partial charge in [0.1, 0.15) is 18.4 Å². The Morgan fingerprint density at radius 3 is 2.85 bits per heavy atom. The minimum atomic E-state index is -0.401. The Kier molecular flexibility index (Phi) is 4.58. The maximum atomic E-state index is 12.9. The fourth-order valence-electron chi connectivity index (χ4n) is 4.39. The Balaban J connectivity index is 0.00000180. The van der Waals surface area contributed by atoms with Crippen molar-refractivity contribution in [3.63, 3.8) is 0 Å². The van der Waals surface area contributed by atoms with Crippen LogP contribution in [-0.2, 0) is 16.1 Å². The van der Waals surface area contributed by atoms with E-state index in [1.165, 1.54) is 5.56 Å². The summed E-state index contributed by atoms with van der Waals surface area (Å²) in [6.45, 7) is 2.03. The number of carbonyl (C=O) groups is 1. The molecule has 1 fully saturated rings. The lowest BCUT2D eigenvalue weighted by Crippen LogP contribution is -2.37. The van der Waals surface area contributed by atoms with E-state index < -0.39 is 6.04 Å². The number of aromatic hydroxyl groups is 1. The normalized spacial score (nSPS) is 22.9. The Labute approximate surface area is 163 Å². The molecule has 0 amide bonds. The molecule has 0 saturated carbocycles. The van der Waals surface area contributed by atoms with E-state index in [4.69, 9.17) is 4.74 Å². The molecule has 0 radical (unpaired) electrons. The van der Waals surface area contributed by atoms with Gasteiger partial charge in [-0.1, -0.05) is 30.3 Å². The van der Waals surface area contributed by atoms with Gasteiger partial charge in [0.25, 0.3) is 0 Å². The summed E-state index contributed by atoms with van der Waals surface area (Å²) in [5, 5.41) is 10.9. The number of phenols is 1. The third kappa shape index (κ3) is 2.97. The first-order chi connectivity index (χ1) is 12.7. The number of aromatic nitrogens is 1. The smallest absolute Gasteiger partial charge is 0.329 e. The monoisotopic (exact) mass is 384 g/mol. The van der Waals surface area contributed by atoms with Gasteiger partial charge in [-0.3, -0.25) is 4.90 Å². The summed E-state index contributed by atoms with van der Waals surface area (Å²) < 4.78 is 5.64. The molecular formula is C21H21ClN2O3. The molecule has 2 aromatic carbocycles. The topological polar surface area (TPSA) is 65.6 Å². The molecular weight excluding hydrogens is 364 g/mol. The second-order valence-electron chi connectivity index (χ2n) is 7.16. The number of carbonyl (C=O) groups excluding carboxylic acids is 1. The molecule has 2 bridgehead atoms. The van der Waals surface area contributed by atoms with Crippen LogP contribution in [0.15, 0.2) is 48.5 Å². The van der Waals surface area contributed by atoms with Crippen molar-refractivity contribution in [3.05, 3.63) is 65.4 Å². The number of H-pyrrole nitrogens is 1. The Bertz CT molecular complexity index is 986. The van der Waals surface area contributed by atoms with Crippen LogP contribution >= 0.6 is 12.4 Å². The molecule has 140 valence electrons. The Morgan fingerprint density at radius 2 is 2.04 bits per heavy atom. The molecule has 1 saturated heterocycles. The summed E-state index contributed by atoms with van der Waals surface area (Å²) in [7, 11) is 0. The largest absolute Gasteiger partial charge is 0.508 e. The molecule has 2 N–H and O–H groups in total. The van der Waals surface area contributed by atoms with Crippen molar-refractivity contribution in [2.24, 2.45) is 0 Å². The van der Waals surface area contributed by atoms with Crippen LogP contribution in [0.1, 0.15) is 35.2 Å². The van der Waals surface area contributed by atoms with E-state index in [2.05, 4.69) is 9.88 Å². The molecule has 5 nitrogen and oxygen atoms in total. The lowest BCUT2D eigenvalue weighted by molar-refractivity contribution is -0.151. The maximum absolute atomic E-state index is 12.9. The summed E-state index contributed by atoms with van der Waals surface area (Å²) in [5.41, 5.74) is 4.05. The van der Waals surface area contributed by atoms with E-state index in [-0.39, 0.29) is 30.7 Å². The molecule has 3 aromatic rings. The highest BCUT2D eigenvalue weighted by Gasteiger charge is 2.44. The van der Waals surface area contributed by atoms with Gasteiger partial charge in [0.15, 0.2) is 0 Å². The predicted octanol–water partition coefficient (Wildman–Crippen LogP) is 3.88. The summed E-state index contributed by atoms with van der Waals surface area (Å²) in [6.07, 6.45) is 1.03. The molecule has 5 rings (SSSR count). The van der Waals surface area contributed by atoms with E-state index in [0.29, 0.717) is 5.92 Å². The molecule has 0 aliphatic carbocycles. The van der Waals surface area contributed by atoms with Crippen LogP contribution in [0, 0.1) is 0 Å². The van der Waals surface area contributed by atoms with Crippen LogP contribution in [-0.4, -0.2) is 34.0 Å². The van der Waals surface area contributed by atoms with Crippen LogP contribution in [0.25, 0.3) is 10.9 Å². The first-order valence-electron chi connectivity index (χ1n) is 9.00. The summed E-state index contributed by atoms with van der Waals surface area (Å²) in [5.74, 6) is 0.438. The van der Waals surface area contributed by atoms with Gasteiger partial charge in [-0.15, -0.1) is 12.4 Å². The van der Waals surface area contributed by atoms with E-state index >= 15 is 0 Å². The van der Waals surface area contributed by atoms with E-state index in [1.807, 2.05) is 36.4 Å². The molecule has 27 heavy (non-hydrogen) atoms. The van der Waals surface area contributed by atoms with E-state index in [1.54, 1.807) is 12.1 Å². The van der Waals surface area contributed by atoms with Gasteiger partial charge in [0, 0.05) is 29.1 Å². The fraction of sp³-hybridized carbons (Fsp3) is 0.286. The Hall–Kier alpha value is -2.50. The van der Waals surface area contributed by atoms with Gasteiger partial charge >= 0.3 is 5.97 Å². The highest BCUT2D eigenvalue weighted by molar-refractivity contribution is 5.90. The van der Waals surface area contributed by atoms with Gasteiger partial charge in [-0.05, 0) is 42.3 Å².